The first-order valence-electron chi connectivity index (χ1n) is 8.70. The predicted octanol–water partition coefficient (Wildman–Crippen LogP) is 4.42. The molecule has 1 heterocycles. The van der Waals surface area contributed by atoms with Crippen LogP contribution in [0.3, 0.4) is 0 Å². The van der Waals surface area contributed by atoms with Crippen molar-refractivity contribution in [2.45, 2.75) is 31.9 Å². The maximum absolute atomic E-state index is 12.2. The molecule has 0 aliphatic carbocycles. The van der Waals surface area contributed by atoms with Gasteiger partial charge in [0.25, 0.3) is 0 Å². The standard InChI is InChI=1S/C20H22F3NO2/c21-20(22,23)26-18-9-7-17(8-10-18)14-24-12-13-25-19(15-24)11-6-16-4-2-1-3-5-16/h1-5,7-10,19H,6,11-15H2/t19-/m0/s1. The maximum Gasteiger partial charge on any atom is 0.573 e. The highest BCUT2D eigenvalue weighted by Crippen LogP contribution is 2.23. The van der Waals surface area contributed by atoms with E-state index in [1.807, 2.05) is 18.2 Å². The molecule has 6 heteroatoms. The lowest BCUT2D eigenvalue weighted by Crippen LogP contribution is -2.42. The third kappa shape index (κ3) is 6.04. The second-order valence-corrected chi connectivity index (χ2v) is 6.44. The number of hydrogen-bond acceptors (Lipinski definition) is 3. The molecule has 1 fully saturated rings. The van der Waals surface area contributed by atoms with Crippen LogP contribution in [-0.2, 0) is 17.7 Å². The smallest absolute Gasteiger partial charge is 0.406 e. The second-order valence-electron chi connectivity index (χ2n) is 6.44. The number of halogens is 3. The molecule has 140 valence electrons. The molecule has 0 unspecified atom stereocenters. The van der Waals surface area contributed by atoms with Crippen LogP contribution in [0.2, 0.25) is 0 Å². The largest absolute Gasteiger partial charge is 0.573 e. The fourth-order valence-electron chi connectivity index (χ4n) is 3.13. The number of alkyl halides is 3. The summed E-state index contributed by atoms with van der Waals surface area (Å²) >= 11 is 0. The SMILES string of the molecule is FC(F)(F)Oc1ccc(CN2CCO[C@@H](CCc3ccccc3)C2)cc1. The first kappa shape index (κ1) is 18.7. The van der Waals surface area contributed by atoms with Gasteiger partial charge in [0.1, 0.15) is 5.75 Å². The summed E-state index contributed by atoms with van der Waals surface area (Å²) < 4.78 is 46.4. The Hall–Kier alpha value is -2.05. The van der Waals surface area contributed by atoms with Crippen LogP contribution in [0.4, 0.5) is 13.2 Å². The van der Waals surface area contributed by atoms with Gasteiger partial charge in [0.2, 0.25) is 0 Å². The highest BCUT2D eigenvalue weighted by atomic mass is 19.4. The first-order chi connectivity index (χ1) is 12.5. The van der Waals surface area contributed by atoms with Crippen LogP contribution in [0.5, 0.6) is 5.75 Å². The van der Waals surface area contributed by atoms with Gasteiger partial charge in [0.05, 0.1) is 12.7 Å². The normalized spacial score (nSPS) is 18.7. The summed E-state index contributed by atoms with van der Waals surface area (Å²) in [5, 5.41) is 0. The van der Waals surface area contributed by atoms with Crippen LogP contribution in [0.1, 0.15) is 17.5 Å². The van der Waals surface area contributed by atoms with E-state index in [1.54, 1.807) is 12.1 Å². The van der Waals surface area contributed by atoms with Crippen molar-refractivity contribution in [3.63, 3.8) is 0 Å². The van der Waals surface area contributed by atoms with Crippen molar-refractivity contribution < 1.29 is 22.6 Å². The van der Waals surface area contributed by atoms with Gasteiger partial charge in [0, 0.05) is 19.6 Å². The molecule has 1 aliphatic heterocycles. The number of hydrogen-bond donors (Lipinski definition) is 0. The van der Waals surface area contributed by atoms with Gasteiger partial charge < -0.3 is 9.47 Å². The van der Waals surface area contributed by atoms with Crippen molar-refractivity contribution in [3.8, 4) is 5.75 Å². The molecule has 3 rings (SSSR count). The molecule has 1 aliphatic rings. The monoisotopic (exact) mass is 365 g/mol. The van der Waals surface area contributed by atoms with E-state index in [-0.39, 0.29) is 11.9 Å². The summed E-state index contributed by atoms with van der Waals surface area (Å²) in [5.74, 6) is -0.191. The Balaban J connectivity index is 1.48. The van der Waals surface area contributed by atoms with E-state index < -0.39 is 6.36 Å². The Morgan fingerprint density at radius 1 is 1.00 bits per heavy atom. The van der Waals surface area contributed by atoms with Crippen molar-refractivity contribution in [3.05, 3.63) is 65.7 Å². The Morgan fingerprint density at radius 3 is 2.42 bits per heavy atom. The summed E-state index contributed by atoms with van der Waals surface area (Å²) in [6.45, 7) is 3.02. The zero-order valence-corrected chi connectivity index (χ0v) is 14.4. The number of ether oxygens (including phenoxy) is 2. The van der Waals surface area contributed by atoms with Crippen molar-refractivity contribution >= 4 is 0 Å². The molecule has 0 aromatic heterocycles. The number of benzene rings is 2. The molecule has 0 spiro atoms. The van der Waals surface area contributed by atoms with E-state index in [4.69, 9.17) is 4.74 Å². The summed E-state index contributed by atoms with van der Waals surface area (Å²) in [4.78, 5) is 2.28. The first-order valence-corrected chi connectivity index (χ1v) is 8.70. The molecular weight excluding hydrogens is 343 g/mol. The highest BCUT2D eigenvalue weighted by molar-refractivity contribution is 5.27. The van der Waals surface area contributed by atoms with Crippen LogP contribution >= 0.6 is 0 Å². The van der Waals surface area contributed by atoms with E-state index in [2.05, 4.69) is 21.8 Å². The molecule has 2 aromatic rings. The Bertz CT molecular complexity index is 674. The lowest BCUT2D eigenvalue weighted by molar-refractivity contribution is -0.274. The number of morpholine rings is 1. The van der Waals surface area contributed by atoms with Gasteiger partial charge >= 0.3 is 6.36 Å². The lowest BCUT2D eigenvalue weighted by atomic mass is 10.1. The van der Waals surface area contributed by atoms with E-state index in [1.165, 1.54) is 17.7 Å². The fourth-order valence-corrected chi connectivity index (χ4v) is 3.13. The van der Waals surface area contributed by atoms with Gasteiger partial charge in [0.15, 0.2) is 0 Å². The number of nitrogens with zero attached hydrogens (tertiary/aromatic N) is 1. The van der Waals surface area contributed by atoms with Gasteiger partial charge in [-0.15, -0.1) is 13.2 Å². The summed E-state index contributed by atoms with van der Waals surface area (Å²) in [6, 6.07) is 16.4. The lowest BCUT2D eigenvalue weighted by Gasteiger charge is -2.33. The van der Waals surface area contributed by atoms with Crippen molar-refractivity contribution in [2.75, 3.05) is 19.7 Å². The number of aryl methyl sites for hydroxylation is 1. The third-order valence-electron chi connectivity index (χ3n) is 4.38. The molecule has 26 heavy (non-hydrogen) atoms. The quantitative estimate of drug-likeness (QED) is 0.756. The minimum atomic E-state index is -4.66. The van der Waals surface area contributed by atoms with Gasteiger partial charge in [-0.3, -0.25) is 4.90 Å². The molecule has 1 atom stereocenters. The molecule has 0 saturated carbocycles. The highest BCUT2D eigenvalue weighted by Gasteiger charge is 2.31. The maximum atomic E-state index is 12.2. The van der Waals surface area contributed by atoms with Crippen LogP contribution in [0, 0.1) is 0 Å². The summed E-state index contributed by atoms with van der Waals surface area (Å²) in [7, 11) is 0. The third-order valence-corrected chi connectivity index (χ3v) is 4.38. The van der Waals surface area contributed by atoms with E-state index in [0.717, 1.165) is 31.5 Å². The van der Waals surface area contributed by atoms with E-state index >= 15 is 0 Å². The zero-order valence-electron chi connectivity index (χ0n) is 14.4. The average molecular weight is 365 g/mol. The molecule has 0 N–H and O–H groups in total. The molecule has 3 nitrogen and oxygen atoms in total. The van der Waals surface area contributed by atoms with Gasteiger partial charge in [-0.25, -0.2) is 0 Å². The van der Waals surface area contributed by atoms with Crippen molar-refractivity contribution in [2.24, 2.45) is 0 Å². The van der Waals surface area contributed by atoms with Crippen molar-refractivity contribution in [1.29, 1.82) is 0 Å². The zero-order chi connectivity index (χ0) is 18.4. The van der Waals surface area contributed by atoms with E-state index in [9.17, 15) is 13.2 Å². The van der Waals surface area contributed by atoms with Gasteiger partial charge in [-0.2, -0.15) is 0 Å². The molecule has 0 radical (unpaired) electrons. The van der Waals surface area contributed by atoms with Crippen LogP contribution in [0.15, 0.2) is 54.6 Å². The van der Waals surface area contributed by atoms with Crippen LogP contribution in [-0.4, -0.2) is 37.1 Å². The van der Waals surface area contributed by atoms with Crippen LogP contribution < -0.4 is 4.74 Å². The molecule has 0 bridgehead atoms. The van der Waals surface area contributed by atoms with Gasteiger partial charge in [-0.05, 0) is 36.1 Å². The minimum absolute atomic E-state index is 0.178. The Labute approximate surface area is 151 Å². The Kier molecular flexibility index (Phi) is 6.16. The molecular formula is C20H22F3NO2. The number of rotatable bonds is 6. The topological polar surface area (TPSA) is 21.7 Å². The minimum Gasteiger partial charge on any atom is -0.406 e. The second kappa shape index (κ2) is 8.56. The summed E-state index contributed by atoms with van der Waals surface area (Å²) in [5.41, 5.74) is 2.26. The fraction of sp³-hybridized carbons (Fsp3) is 0.400. The average Bonchev–Trinajstić information content (AvgIpc) is 2.62. The van der Waals surface area contributed by atoms with Crippen LogP contribution in [0.25, 0.3) is 0 Å². The van der Waals surface area contributed by atoms with Gasteiger partial charge in [-0.1, -0.05) is 42.5 Å². The molecule has 1 saturated heterocycles. The van der Waals surface area contributed by atoms with E-state index in [0.29, 0.717) is 13.2 Å². The summed E-state index contributed by atoms with van der Waals surface area (Å²) in [6.07, 6.45) is -2.55. The van der Waals surface area contributed by atoms with Crippen molar-refractivity contribution in [1.82, 2.24) is 4.90 Å². The Morgan fingerprint density at radius 2 is 1.73 bits per heavy atom. The predicted molar refractivity (Wildman–Crippen MR) is 92.9 cm³/mol. The molecule has 2 aromatic carbocycles. The molecule has 0 amide bonds.